The first kappa shape index (κ1) is 27.2. The highest BCUT2D eigenvalue weighted by molar-refractivity contribution is 6.04. The van der Waals surface area contributed by atoms with Gasteiger partial charge in [-0.2, -0.15) is 0 Å². The number of ketones is 1. The predicted octanol–water partition coefficient (Wildman–Crippen LogP) is 3.43. The van der Waals surface area contributed by atoms with Gasteiger partial charge in [0.1, 0.15) is 18.0 Å². The average Bonchev–Trinajstić information content (AvgIpc) is 2.94. The molecular weight excluding hydrogens is 488 g/mol. The lowest BCUT2D eigenvalue weighted by molar-refractivity contribution is -0.151. The average molecular weight is 523 g/mol. The van der Waals surface area contributed by atoms with E-state index in [-0.39, 0.29) is 49.2 Å². The number of anilines is 1. The van der Waals surface area contributed by atoms with Crippen LogP contribution in [0.25, 0.3) is 0 Å². The number of nitrogens with zero attached hydrogens (tertiary/aromatic N) is 2. The number of aryl methyl sites for hydroxylation is 1. The van der Waals surface area contributed by atoms with E-state index in [2.05, 4.69) is 6.92 Å². The molecule has 0 aromatic heterocycles. The SMILES string of the molecule is CCCc1ccccc1OCC(=O)c1ccc2c(c1)N(CC(=O)N1CCC(C(=O)OCC)CC1)C(=O)CO2. The van der Waals surface area contributed by atoms with Crippen LogP contribution in [0.2, 0.25) is 0 Å². The lowest BCUT2D eigenvalue weighted by atomic mass is 9.97. The van der Waals surface area contributed by atoms with Gasteiger partial charge in [0.25, 0.3) is 5.91 Å². The van der Waals surface area contributed by atoms with Crippen molar-refractivity contribution in [2.45, 2.75) is 39.5 Å². The van der Waals surface area contributed by atoms with Crippen LogP contribution < -0.4 is 14.4 Å². The number of benzene rings is 2. The van der Waals surface area contributed by atoms with Gasteiger partial charge in [0.05, 0.1) is 18.2 Å². The van der Waals surface area contributed by atoms with E-state index in [1.165, 1.54) is 4.90 Å². The Labute approximate surface area is 222 Å². The Hall–Kier alpha value is -3.88. The van der Waals surface area contributed by atoms with Gasteiger partial charge in [-0.25, -0.2) is 0 Å². The summed E-state index contributed by atoms with van der Waals surface area (Å²) in [5, 5.41) is 0. The first-order chi connectivity index (χ1) is 18.4. The van der Waals surface area contributed by atoms with Crippen LogP contribution in [0, 0.1) is 5.92 Å². The highest BCUT2D eigenvalue weighted by Crippen LogP contribution is 2.33. The maximum atomic E-state index is 13.1. The number of ether oxygens (including phenoxy) is 3. The zero-order chi connectivity index (χ0) is 27.1. The first-order valence-corrected chi connectivity index (χ1v) is 13.2. The van der Waals surface area contributed by atoms with E-state index in [0.29, 0.717) is 55.3 Å². The second-order valence-electron chi connectivity index (χ2n) is 9.43. The molecule has 9 heteroatoms. The molecule has 1 fully saturated rings. The van der Waals surface area contributed by atoms with Crippen molar-refractivity contribution < 1.29 is 33.4 Å². The van der Waals surface area contributed by atoms with Gasteiger partial charge in [0.2, 0.25) is 5.91 Å². The normalized spacial score (nSPS) is 15.5. The van der Waals surface area contributed by atoms with Gasteiger partial charge < -0.3 is 19.1 Å². The number of hydrogen-bond acceptors (Lipinski definition) is 7. The van der Waals surface area contributed by atoms with Crippen molar-refractivity contribution >= 4 is 29.3 Å². The van der Waals surface area contributed by atoms with E-state index in [0.717, 1.165) is 18.4 Å². The molecule has 2 aromatic carbocycles. The maximum Gasteiger partial charge on any atom is 0.309 e. The standard InChI is InChI=1S/C29H34N2O7/c1-3-7-20-8-5-6-9-25(20)37-18-24(32)22-10-11-26-23(16-22)31(28(34)19-38-26)17-27(33)30-14-12-21(13-15-30)29(35)36-4-2/h5-6,8-11,16,21H,3-4,7,12-15,17-19H2,1-2H3. The van der Waals surface area contributed by atoms with Crippen LogP contribution >= 0.6 is 0 Å². The summed E-state index contributed by atoms with van der Waals surface area (Å²) in [7, 11) is 0. The quantitative estimate of drug-likeness (QED) is 0.348. The molecule has 9 nitrogen and oxygen atoms in total. The molecule has 1 saturated heterocycles. The molecule has 38 heavy (non-hydrogen) atoms. The number of para-hydroxylation sites is 1. The van der Waals surface area contributed by atoms with Crippen LogP contribution in [0.3, 0.4) is 0 Å². The molecule has 4 rings (SSSR count). The fourth-order valence-electron chi connectivity index (χ4n) is 4.76. The summed E-state index contributed by atoms with van der Waals surface area (Å²) in [5.41, 5.74) is 1.79. The molecule has 202 valence electrons. The number of esters is 1. The molecule has 0 bridgehead atoms. The molecule has 0 aliphatic carbocycles. The van der Waals surface area contributed by atoms with E-state index in [1.807, 2.05) is 24.3 Å². The van der Waals surface area contributed by atoms with E-state index < -0.39 is 0 Å². The molecule has 2 aliphatic heterocycles. The number of carbonyl (C=O) groups excluding carboxylic acids is 4. The van der Waals surface area contributed by atoms with E-state index in [4.69, 9.17) is 14.2 Å². The first-order valence-electron chi connectivity index (χ1n) is 13.2. The van der Waals surface area contributed by atoms with E-state index in [9.17, 15) is 19.2 Å². The fraction of sp³-hybridized carbons (Fsp3) is 0.448. The largest absolute Gasteiger partial charge is 0.485 e. The van der Waals surface area contributed by atoms with Gasteiger partial charge >= 0.3 is 5.97 Å². The third kappa shape index (κ3) is 6.33. The van der Waals surface area contributed by atoms with Crippen LogP contribution in [0.1, 0.15) is 49.0 Å². The highest BCUT2D eigenvalue weighted by Gasteiger charge is 2.32. The highest BCUT2D eigenvalue weighted by atomic mass is 16.5. The van der Waals surface area contributed by atoms with Gasteiger partial charge in [-0.1, -0.05) is 31.5 Å². The molecule has 2 heterocycles. The fourth-order valence-corrected chi connectivity index (χ4v) is 4.76. The van der Waals surface area contributed by atoms with Crippen molar-refractivity contribution in [2.24, 2.45) is 5.92 Å². The van der Waals surface area contributed by atoms with Crippen molar-refractivity contribution in [3.8, 4) is 11.5 Å². The number of rotatable bonds is 10. The summed E-state index contributed by atoms with van der Waals surface area (Å²) in [6.07, 6.45) is 2.87. The van der Waals surface area contributed by atoms with Gasteiger partial charge in [-0.15, -0.1) is 0 Å². The lowest BCUT2D eigenvalue weighted by Crippen LogP contribution is -2.49. The number of fused-ring (bicyclic) bond motifs is 1. The topological polar surface area (TPSA) is 102 Å². The number of likely N-dealkylation sites (tertiary alicyclic amines) is 1. The van der Waals surface area contributed by atoms with Crippen molar-refractivity contribution in [3.05, 3.63) is 53.6 Å². The molecule has 2 aliphatic rings. The molecule has 0 N–H and O–H groups in total. The monoisotopic (exact) mass is 522 g/mol. The number of piperidine rings is 1. The van der Waals surface area contributed by atoms with Crippen LogP contribution in [0.5, 0.6) is 11.5 Å². The number of Topliss-reactive ketones (excluding diaryl/α,β-unsaturated/α-hetero) is 1. The van der Waals surface area contributed by atoms with Gasteiger partial charge in [-0.3, -0.25) is 24.1 Å². The summed E-state index contributed by atoms with van der Waals surface area (Å²) in [5.74, 6) is -0.157. The molecule has 0 radical (unpaired) electrons. The molecule has 0 saturated carbocycles. The van der Waals surface area contributed by atoms with Crippen molar-refractivity contribution in [3.63, 3.8) is 0 Å². The molecule has 2 aromatic rings. The Balaban J connectivity index is 1.42. The summed E-state index contributed by atoms with van der Waals surface area (Å²) in [6.45, 7) is 4.52. The molecule has 0 atom stereocenters. The summed E-state index contributed by atoms with van der Waals surface area (Å²) in [4.78, 5) is 53.8. The van der Waals surface area contributed by atoms with Gasteiger partial charge in [-0.05, 0) is 56.0 Å². The number of amides is 2. The zero-order valence-corrected chi connectivity index (χ0v) is 21.9. The van der Waals surface area contributed by atoms with E-state index >= 15 is 0 Å². The van der Waals surface area contributed by atoms with Crippen molar-refractivity contribution in [1.82, 2.24) is 4.90 Å². The lowest BCUT2D eigenvalue weighted by Gasteiger charge is -2.34. The van der Waals surface area contributed by atoms with E-state index in [1.54, 1.807) is 30.0 Å². The minimum Gasteiger partial charge on any atom is -0.485 e. The Morgan fingerprint density at radius 1 is 1.05 bits per heavy atom. The minimum absolute atomic E-state index is 0.150. The van der Waals surface area contributed by atoms with Crippen molar-refractivity contribution in [1.29, 1.82) is 0 Å². The molecule has 2 amide bonds. The minimum atomic E-state index is -0.360. The summed E-state index contributed by atoms with van der Waals surface area (Å²) >= 11 is 0. The predicted molar refractivity (Wildman–Crippen MR) is 140 cm³/mol. The van der Waals surface area contributed by atoms with Crippen LogP contribution in [-0.4, -0.2) is 67.9 Å². The third-order valence-electron chi connectivity index (χ3n) is 6.84. The molecule has 0 spiro atoms. The Kier molecular flexibility index (Phi) is 8.99. The number of carbonyl (C=O) groups is 4. The Morgan fingerprint density at radius 3 is 2.55 bits per heavy atom. The second kappa shape index (κ2) is 12.6. The summed E-state index contributed by atoms with van der Waals surface area (Å²) in [6, 6.07) is 12.5. The summed E-state index contributed by atoms with van der Waals surface area (Å²) < 4.78 is 16.5. The number of hydrogen-bond donors (Lipinski definition) is 0. The molecular formula is C29H34N2O7. The Bertz CT molecular complexity index is 1190. The Morgan fingerprint density at radius 2 is 1.82 bits per heavy atom. The van der Waals surface area contributed by atoms with Gasteiger partial charge in [0, 0.05) is 18.7 Å². The smallest absolute Gasteiger partial charge is 0.309 e. The van der Waals surface area contributed by atoms with Crippen LogP contribution in [0.15, 0.2) is 42.5 Å². The second-order valence-corrected chi connectivity index (χ2v) is 9.43. The van der Waals surface area contributed by atoms with Gasteiger partial charge in [0.15, 0.2) is 19.0 Å². The molecule has 0 unspecified atom stereocenters. The van der Waals surface area contributed by atoms with Crippen LogP contribution in [-0.2, 0) is 25.5 Å². The zero-order valence-electron chi connectivity index (χ0n) is 21.9. The maximum absolute atomic E-state index is 13.1. The van der Waals surface area contributed by atoms with Crippen LogP contribution in [0.4, 0.5) is 5.69 Å². The van der Waals surface area contributed by atoms with Crippen molar-refractivity contribution in [2.75, 3.05) is 44.4 Å². The third-order valence-corrected chi connectivity index (χ3v) is 6.84.